The largest absolute Gasteiger partial charge is 0.491 e. The monoisotopic (exact) mass is 495 g/mol. The quantitative estimate of drug-likeness (QED) is 0.418. The van der Waals surface area contributed by atoms with E-state index in [1.54, 1.807) is 0 Å². The third-order valence-electron chi connectivity index (χ3n) is 7.54. The van der Waals surface area contributed by atoms with Gasteiger partial charge < -0.3 is 24.4 Å². The molecule has 3 aromatic carbocycles. The second-order valence-corrected chi connectivity index (χ2v) is 10.3. The van der Waals surface area contributed by atoms with Gasteiger partial charge in [0.2, 0.25) is 0 Å². The number of fused-ring (bicyclic) bond motifs is 2. The number of aryl methyl sites for hydroxylation is 2. The van der Waals surface area contributed by atoms with Gasteiger partial charge in [-0.3, -0.25) is 0 Å². The van der Waals surface area contributed by atoms with Crippen molar-refractivity contribution in [1.29, 1.82) is 0 Å². The number of aromatic amines is 1. The number of amides is 2. The van der Waals surface area contributed by atoms with Crippen LogP contribution in [0.2, 0.25) is 0 Å². The minimum absolute atomic E-state index is 0.0359. The Labute approximate surface area is 217 Å². The highest BCUT2D eigenvalue weighted by Crippen LogP contribution is 2.35. The molecule has 37 heavy (non-hydrogen) atoms. The van der Waals surface area contributed by atoms with Crippen molar-refractivity contribution in [3.05, 3.63) is 83.2 Å². The second-order valence-electron chi connectivity index (χ2n) is 10.3. The number of carbonyl (C=O) groups is 1. The molecule has 0 bridgehead atoms. The van der Waals surface area contributed by atoms with Crippen molar-refractivity contribution < 1.29 is 9.53 Å². The van der Waals surface area contributed by atoms with Gasteiger partial charge in [0.15, 0.2) is 0 Å². The molecule has 6 rings (SSSR count). The molecule has 3 heterocycles. The Bertz CT molecular complexity index is 1450. The van der Waals surface area contributed by atoms with Crippen molar-refractivity contribution in [3.8, 4) is 16.9 Å². The molecule has 2 amide bonds. The minimum Gasteiger partial charge on any atom is -0.491 e. The summed E-state index contributed by atoms with van der Waals surface area (Å²) >= 11 is 0. The molecule has 190 valence electrons. The van der Waals surface area contributed by atoms with Crippen LogP contribution in [0.4, 0.5) is 4.79 Å². The molecule has 1 unspecified atom stereocenters. The zero-order valence-electron chi connectivity index (χ0n) is 21.7. The number of imidazole rings is 1. The van der Waals surface area contributed by atoms with E-state index >= 15 is 0 Å². The topological polar surface area (TPSA) is 64.7 Å². The molecule has 7 heteroatoms. The van der Waals surface area contributed by atoms with E-state index in [0.717, 1.165) is 58.0 Å². The molecule has 0 spiro atoms. The van der Waals surface area contributed by atoms with Crippen LogP contribution in [0.1, 0.15) is 28.6 Å². The highest BCUT2D eigenvalue weighted by molar-refractivity contribution is 5.83. The Morgan fingerprint density at radius 2 is 1.84 bits per heavy atom. The molecule has 1 N–H and O–H groups in total. The van der Waals surface area contributed by atoms with E-state index in [-0.39, 0.29) is 12.1 Å². The standard InChI is InChI=1S/C30H33N5O2/c1-20-15-24(23-9-10-26-27(17-23)32-21(2)31-26)16-25-18-34(13-14-37-29(20)25)30(36)35-12-11-33(3)19-28(35)22-7-5-4-6-8-22/h4-10,15-17,28H,11-14,18-19H2,1-3H3,(H,31,32). The van der Waals surface area contributed by atoms with Crippen LogP contribution in [0.15, 0.2) is 60.7 Å². The molecule has 0 radical (unpaired) electrons. The fraction of sp³-hybridized carbons (Fsp3) is 0.333. The van der Waals surface area contributed by atoms with Crippen molar-refractivity contribution in [2.75, 3.05) is 39.8 Å². The van der Waals surface area contributed by atoms with Crippen LogP contribution in [0, 0.1) is 13.8 Å². The smallest absolute Gasteiger partial charge is 0.321 e. The summed E-state index contributed by atoms with van der Waals surface area (Å²) in [6.45, 7) is 8.05. The lowest BCUT2D eigenvalue weighted by atomic mass is 9.98. The Kier molecular flexibility index (Phi) is 6.08. The molecule has 7 nitrogen and oxygen atoms in total. The first-order valence-corrected chi connectivity index (χ1v) is 13.0. The maximum absolute atomic E-state index is 14.0. The fourth-order valence-electron chi connectivity index (χ4n) is 5.65. The maximum atomic E-state index is 14.0. The fourth-order valence-corrected chi connectivity index (χ4v) is 5.65. The highest BCUT2D eigenvalue weighted by Gasteiger charge is 2.34. The summed E-state index contributed by atoms with van der Waals surface area (Å²) in [6, 6.07) is 21.1. The molecule has 1 atom stereocenters. The molecule has 1 saturated heterocycles. The number of ether oxygens (including phenoxy) is 1. The summed E-state index contributed by atoms with van der Waals surface area (Å²) in [4.78, 5) is 28.1. The molecule has 0 saturated carbocycles. The number of aromatic nitrogens is 2. The Balaban J connectivity index is 1.30. The van der Waals surface area contributed by atoms with Crippen LogP contribution >= 0.6 is 0 Å². The highest BCUT2D eigenvalue weighted by atomic mass is 16.5. The van der Waals surface area contributed by atoms with Crippen molar-refractivity contribution in [2.24, 2.45) is 0 Å². The Morgan fingerprint density at radius 1 is 1.00 bits per heavy atom. The SMILES string of the molecule is Cc1nc2ccc(-c3cc(C)c4c(c3)CN(C(=O)N3CCN(C)CC3c3ccccc3)CCO4)cc2[nH]1. The first-order valence-electron chi connectivity index (χ1n) is 13.0. The average molecular weight is 496 g/mol. The average Bonchev–Trinajstić information content (AvgIpc) is 3.14. The van der Waals surface area contributed by atoms with Gasteiger partial charge in [-0.2, -0.15) is 0 Å². The van der Waals surface area contributed by atoms with Gasteiger partial charge >= 0.3 is 6.03 Å². The van der Waals surface area contributed by atoms with Crippen molar-refractivity contribution in [2.45, 2.75) is 26.4 Å². The van der Waals surface area contributed by atoms with Crippen molar-refractivity contribution in [3.63, 3.8) is 0 Å². The minimum atomic E-state index is 0.0359. The number of urea groups is 1. The van der Waals surface area contributed by atoms with Crippen LogP contribution in [0.5, 0.6) is 5.75 Å². The van der Waals surface area contributed by atoms with Gasteiger partial charge in [-0.05, 0) is 67.4 Å². The summed E-state index contributed by atoms with van der Waals surface area (Å²) in [6.07, 6.45) is 0. The zero-order valence-corrected chi connectivity index (χ0v) is 21.7. The van der Waals surface area contributed by atoms with E-state index < -0.39 is 0 Å². The Morgan fingerprint density at radius 3 is 2.68 bits per heavy atom. The number of H-pyrrole nitrogens is 1. The van der Waals surface area contributed by atoms with E-state index in [4.69, 9.17) is 4.74 Å². The predicted octanol–water partition coefficient (Wildman–Crippen LogP) is 5.15. The summed E-state index contributed by atoms with van der Waals surface area (Å²) < 4.78 is 6.20. The number of rotatable bonds is 2. The zero-order chi connectivity index (χ0) is 25.5. The molecule has 1 aromatic heterocycles. The lowest BCUT2D eigenvalue weighted by Gasteiger charge is -2.42. The van der Waals surface area contributed by atoms with E-state index in [1.165, 1.54) is 5.56 Å². The molecule has 0 aliphatic carbocycles. The number of nitrogens with zero attached hydrogens (tertiary/aromatic N) is 4. The van der Waals surface area contributed by atoms with E-state index in [1.807, 2.05) is 22.8 Å². The van der Waals surface area contributed by atoms with Crippen molar-refractivity contribution >= 4 is 17.1 Å². The van der Waals surface area contributed by atoms with Crippen LogP contribution in [0.25, 0.3) is 22.2 Å². The number of piperazine rings is 1. The van der Waals surface area contributed by atoms with Gasteiger partial charge in [-0.25, -0.2) is 9.78 Å². The normalized spacial score (nSPS) is 18.4. The van der Waals surface area contributed by atoms with E-state index in [0.29, 0.717) is 26.2 Å². The summed E-state index contributed by atoms with van der Waals surface area (Å²) in [5.74, 6) is 1.81. The van der Waals surface area contributed by atoms with Crippen LogP contribution in [-0.2, 0) is 6.54 Å². The molecule has 2 aliphatic rings. The van der Waals surface area contributed by atoms with E-state index in [2.05, 4.69) is 83.4 Å². The van der Waals surface area contributed by atoms with Gasteiger partial charge in [0.25, 0.3) is 0 Å². The second kappa shape index (κ2) is 9.56. The maximum Gasteiger partial charge on any atom is 0.321 e. The summed E-state index contributed by atoms with van der Waals surface area (Å²) in [7, 11) is 2.13. The lowest BCUT2D eigenvalue weighted by Crippen LogP contribution is -2.53. The summed E-state index contributed by atoms with van der Waals surface area (Å²) in [5, 5.41) is 0. The molecular weight excluding hydrogens is 462 g/mol. The molecule has 1 fully saturated rings. The predicted molar refractivity (Wildman–Crippen MR) is 146 cm³/mol. The number of nitrogens with one attached hydrogen (secondary N) is 1. The molecular formula is C30H33N5O2. The molecule has 4 aromatic rings. The number of benzene rings is 3. The number of likely N-dealkylation sites (N-methyl/N-ethyl adjacent to an activating group) is 1. The van der Waals surface area contributed by atoms with Gasteiger partial charge in [0, 0.05) is 25.2 Å². The first-order chi connectivity index (χ1) is 18.0. The van der Waals surface area contributed by atoms with Gasteiger partial charge in [-0.15, -0.1) is 0 Å². The number of carbonyl (C=O) groups excluding carboxylic acids is 1. The van der Waals surface area contributed by atoms with Crippen LogP contribution in [0.3, 0.4) is 0 Å². The lowest BCUT2D eigenvalue weighted by molar-refractivity contribution is 0.0818. The third-order valence-corrected chi connectivity index (χ3v) is 7.54. The molecule has 2 aliphatic heterocycles. The number of hydrogen-bond acceptors (Lipinski definition) is 4. The van der Waals surface area contributed by atoms with Gasteiger partial charge in [0.1, 0.15) is 18.2 Å². The van der Waals surface area contributed by atoms with Crippen molar-refractivity contribution in [1.82, 2.24) is 24.7 Å². The Hall–Kier alpha value is -3.84. The van der Waals surface area contributed by atoms with Gasteiger partial charge in [-0.1, -0.05) is 36.4 Å². The summed E-state index contributed by atoms with van der Waals surface area (Å²) in [5.41, 5.74) is 7.54. The third kappa shape index (κ3) is 4.55. The number of hydrogen-bond donors (Lipinski definition) is 1. The van der Waals surface area contributed by atoms with E-state index in [9.17, 15) is 4.79 Å². The van der Waals surface area contributed by atoms with Crippen LogP contribution in [-0.4, -0.2) is 70.5 Å². The van der Waals surface area contributed by atoms with Crippen LogP contribution < -0.4 is 4.74 Å². The first kappa shape index (κ1) is 23.6. The van der Waals surface area contributed by atoms with Gasteiger partial charge in [0.05, 0.1) is 30.2 Å².